The van der Waals surface area contributed by atoms with E-state index in [9.17, 15) is 5.11 Å². The van der Waals surface area contributed by atoms with Gasteiger partial charge in [-0.15, -0.1) is 0 Å². The van der Waals surface area contributed by atoms with E-state index in [1.807, 2.05) is 12.3 Å². The summed E-state index contributed by atoms with van der Waals surface area (Å²) in [6.07, 6.45) is 4.76. The van der Waals surface area contributed by atoms with Gasteiger partial charge in [-0.25, -0.2) is 0 Å². The minimum atomic E-state index is -0.707. The van der Waals surface area contributed by atoms with Crippen LogP contribution >= 0.6 is 0 Å². The third-order valence-electron chi connectivity index (χ3n) is 4.96. The van der Waals surface area contributed by atoms with E-state index in [4.69, 9.17) is 0 Å². The van der Waals surface area contributed by atoms with Gasteiger partial charge < -0.3 is 5.11 Å². The van der Waals surface area contributed by atoms with E-state index < -0.39 is 5.60 Å². The van der Waals surface area contributed by atoms with Crippen LogP contribution in [-0.2, 0) is 5.60 Å². The molecule has 2 atom stereocenters. The molecule has 0 spiro atoms. The molecule has 0 aliphatic heterocycles. The normalized spacial score (nSPS) is 29.5. The van der Waals surface area contributed by atoms with Crippen molar-refractivity contribution in [2.45, 2.75) is 45.6 Å². The number of benzene rings is 1. The van der Waals surface area contributed by atoms with Crippen molar-refractivity contribution in [3.63, 3.8) is 0 Å². The monoisotopic (exact) mass is 269 g/mol. The van der Waals surface area contributed by atoms with Gasteiger partial charge in [-0.1, -0.05) is 39.0 Å². The van der Waals surface area contributed by atoms with Crippen LogP contribution in [0.5, 0.6) is 0 Å². The van der Waals surface area contributed by atoms with Gasteiger partial charge in [-0.2, -0.15) is 0 Å². The predicted molar refractivity (Wildman–Crippen MR) is 82.4 cm³/mol. The van der Waals surface area contributed by atoms with Crippen LogP contribution in [0.25, 0.3) is 10.9 Å². The second-order valence-electron chi connectivity index (χ2n) is 7.10. The van der Waals surface area contributed by atoms with Crippen molar-refractivity contribution >= 4 is 10.9 Å². The summed E-state index contributed by atoms with van der Waals surface area (Å²) >= 11 is 0. The third-order valence-corrected chi connectivity index (χ3v) is 4.96. The number of pyridine rings is 1. The molecule has 2 unspecified atom stereocenters. The van der Waals surface area contributed by atoms with Gasteiger partial charge in [0.1, 0.15) is 0 Å². The van der Waals surface area contributed by atoms with E-state index in [0.717, 1.165) is 35.7 Å². The number of aliphatic hydroxyl groups is 1. The first-order valence-electron chi connectivity index (χ1n) is 7.48. The van der Waals surface area contributed by atoms with Gasteiger partial charge >= 0.3 is 0 Å². The Bertz CT molecular complexity index is 634. The first-order valence-corrected chi connectivity index (χ1v) is 7.48. The first-order chi connectivity index (χ1) is 9.41. The Labute approximate surface area is 120 Å². The van der Waals surface area contributed by atoms with Gasteiger partial charge in [0.25, 0.3) is 0 Å². The van der Waals surface area contributed by atoms with Crippen LogP contribution in [0.3, 0.4) is 0 Å². The number of rotatable bonds is 1. The summed E-state index contributed by atoms with van der Waals surface area (Å²) in [7, 11) is 0. The van der Waals surface area contributed by atoms with E-state index in [-0.39, 0.29) is 5.92 Å². The first kappa shape index (κ1) is 13.6. The average Bonchev–Trinajstić information content (AvgIpc) is 2.42. The van der Waals surface area contributed by atoms with E-state index >= 15 is 0 Å². The number of fused-ring (bicyclic) bond motifs is 1. The van der Waals surface area contributed by atoms with Gasteiger partial charge in [0.2, 0.25) is 0 Å². The molecule has 0 bridgehead atoms. The number of hydrogen-bond acceptors (Lipinski definition) is 2. The van der Waals surface area contributed by atoms with Gasteiger partial charge in [-0.3, -0.25) is 4.98 Å². The van der Waals surface area contributed by atoms with Crippen molar-refractivity contribution in [2.75, 3.05) is 0 Å². The van der Waals surface area contributed by atoms with Crippen LogP contribution in [0.4, 0.5) is 0 Å². The molecule has 2 aromatic rings. The smallest absolute Gasteiger partial charge is 0.0923 e. The molecular formula is C18H23NO. The van der Waals surface area contributed by atoms with Crippen molar-refractivity contribution in [1.29, 1.82) is 0 Å². The van der Waals surface area contributed by atoms with Crippen molar-refractivity contribution in [1.82, 2.24) is 4.98 Å². The summed E-state index contributed by atoms with van der Waals surface area (Å²) in [6, 6.07) is 10.2. The van der Waals surface area contributed by atoms with Crippen LogP contribution in [0.2, 0.25) is 0 Å². The highest BCUT2D eigenvalue weighted by atomic mass is 16.3. The summed E-state index contributed by atoms with van der Waals surface area (Å²) in [4.78, 5) is 4.41. The maximum atomic E-state index is 11.2. The average molecular weight is 269 g/mol. The molecule has 1 N–H and O–H groups in total. The second-order valence-corrected chi connectivity index (χ2v) is 7.10. The molecule has 20 heavy (non-hydrogen) atoms. The zero-order valence-corrected chi connectivity index (χ0v) is 12.6. The van der Waals surface area contributed by atoms with Crippen LogP contribution in [-0.4, -0.2) is 10.1 Å². The molecule has 1 heterocycles. The van der Waals surface area contributed by atoms with E-state index in [0.29, 0.717) is 5.41 Å². The Morgan fingerprint density at radius 3 is 2.75 bits per heavy atom. The molecular weight excluding hydrogens is 246 g/mol. The maximum Gasteiger partial charge on any atom is 0.0923 e. The molecule has 2 nitrogen and oxygen atoms in total. The van der Waals surface area contributed by atoms with Crippen LogP contribution in [0, 0.1) is 11.3 Å². The fourth-order valence-electron chi connectivity index (χ4n) is 3.64. The lowest BCUT2D eigenvalue weighted by Crippen LogP contribution is -2.41. The second kappa shape index (κ2) is 4.56. The molecule has 2 heteroatoms. The Balaban J connectivity index is 2.01. The topological polar surface area (TPSA) is 33.1 Å². The van der Waals surface area contributed by atoms with Crippen molar-refractivity contribution in [3.8, 4) is 0 Å². The van der Waals surface area contributed by atoms with Gasteiger partial charge in [0.05, 0.1) is 11.1 Å². The van der Waals surface area contributed by atoms with Crippen LogP contribution in [0.15, 0.2) is 36.5 Å². The summed E-state index contributed by atoms with van der Waals surface area (Å²) in [5, 5.41) is 12.3. The fraction of sp³-hybridized carbons (Fsp3) is 0.500. The van der Waals surface area contributed by atoms with Crippen molar-refractivity contribution < 1.29 is 5.11 Å². The molecule has 106 valence electrons. The van der Waals surface area contributed by atoms with E-state index in [1.165, 1.54) is 0 Å². The van der Waals surface area contributed by atoms with Crippen LogP contribution < -0.4 is 0 Å². The van der Waals surface area contributed by atoms with E-state index in [1.54, 1.807) is 0 Å². The zero-order chi connectivity index (χ0) is 14.4. The Morgan fingerprint density at radius 2 is 2.00 bits per heavy atom. The molecule has 0 amide bonds. The Kier molecular flexibility index (Phi) is 3.09. The highest BCUT2D eigenvalue weighted by molar-refractivity contribution is 5.79. The Hall–Kier alpha value is -1.41. The SMILES string of the molecule is CC1CC(C)(C)CCC1(O)c1ccc2cccnc2c1. The molecule has 1 aliphatic rings. The molecule has 1 aliphatic carbocycles. The summed E-state index contributed by atoms with van der Waals surface area (Å²) < 4.78 is 0. The number of aromatic nitrogens is 1. The summed E-state index contributed by atoms with van der Waals surface area (Å²) in [5.74, 6) is 0.271. The van der Waals surface area contributed by atoms with Gasteiger partial charge in [0, 0.05) is 11.6 Å². The maximum absolute atomic E-state index is 11.2. The summed E-state index contributed by atoms with van der Waals surface area (Å²) in [5.41, 5.74) is 1.62. The van der Waals surface area contributed by atoms with E-state index in [2.05, 4.69) is 50.0 Å². The Morgan fingerprint density at radius 1 is 1.20 bits per heavy atom. The standard InChI is InChI=1S/C18H23NO/c1-13-12-17(2,3)8-9-18(13,20)15-7-6-14-5-4-10-19-16(14)11-15/h4-7,10-11,13,20H,8-9,12H2,1-3H3. The van der Waals surface area contributed by atoms with Gasteiger partial charge in [-0.05, 0) is 48.3 Å². The molecule has 0 radical (unpaired) electrons. The number of nitrogens with zero attached hydrogens (tertiary/aromatic N) is 1. The third kappa shape index (κ3) is 2.22. The van der Waals surface area contributed by atoms with Gasteiger partial charge in [0.15, 0.2) is 0 Å². The molecule has 3 rings (SSSR count). The molecule has 1 saturated carbocycles. The minimum absolute atomic E-state index is 0.271. The minimum Gasteiger partial charge on any atom is -0.385 e. The molecule has 1 aromatic heterocycles. The lowest BCUT2D eigenvalue weighted by atomic mass is 9.63. The predicted octanol–water partition coefficient (Wildman–Crippen LogP) is 4.27. The molecule has 1 fully saturated rings. The largest absolute Gasteiger partial charge is 0.385 e. The van der Waals surface area contributed by atoms with Crippen molar-refractivity contribution in [2.24, 2.45) is 11.3 Å². The summed E-state index contributed by atoms with van der Waals surface area (Å²) in [6.45, 7) is 6.76. The number of hydrogen-bond donors (Lipinski definition) is 1. The lowest BCUT2D eigenvalue weighted by molar-refractivity contribution is -0.0769. The van der Waals surface area contributed by atoms with Crippen LogP contribution in [0.1, 0.15) is 45.6 Å². The highest BCUT2D eigenvalue weighted by Gasteiger charge is 2.43. The molecule has 0 saturated heterocycles. The zero-order valence-electron chi connectivity index (χ0n) is 12.6. The molecule has 1 aromatic carbocycles. The highest BCUT2D eigenvalue weighted by Crippen LogP contribution is 2.48. The quantitative estimate of drug-likeness (QED) is 0.838. The van der Waals surface area contributed by atoms with Crippen molar-refractivity contribution in [3.05, 3.63) is 42.1 Å². The fourth-order valence-corrected chi connectivity index (χ4v) is 3.64. The lowest BCUT2D eigenvalue weighted by Gasteiger charge is -2.45.